The fraction of sp³-hybridized carbons (Fsp3) is 0.600. The lowest BCUT2D eigenvalue weighted by atomic mass is 10.0. The second kappa shape index (κ2) is 8.99. The van der Waals surface area contributed by atoms with Gasteiger partial charge in [0, 0.05) is 31.9 Å². The summed E-state index contributed by atoms with van der Waals surface area (Å²) in [7, 11) is 0. The van der Waals surface area contributed by atoms with Gasteiger partial charge in [-0.1, -0.05) is 36.8 Å². The van der Waals surface area contributed by atoms with Gasteiger partial charge < -0.3 is 4.90 Å². The summed E-state index contributed by atoms with van der Waals surface area (Å²) in [4.78, 5) is 5.14. The SMILES string of the molecule is CC(C)=CCC[C@@H](C)CCN1CCN(c2ccccc2)CC1. The Balaban J connectivity index is 1.64. The Labute approximate surface area is 136 Å². The van der Waals surface area contributed by atoms with Crippen LogP contribution in [0.5, 0.6) is 0 Å². The fourth-order valence-electron chi connectivity index (χ4n) is 3.07. The van der Waals surface area contributed by atoms with Crippen LogP contribution in [-0.2, 0) is 0 Å². The average molecular weight is 300 g/mol. The first-order chi connectivity index (χ1) is 10.6. The Morgan fingerprint density at radius 1 is 1.05 bits per heavy atom. The van der Waals surface area contributed by atoms with Crippen molar-refractivity contribution < 1.29 is 0 Å². The molecular weight excluding hydrogens is 268 g/mol. The Hall–Kier alpha value is -1.28. The van der Waals surface area contributed by atoms with Crippen LogP contribution in [0.4, 0.5) is 5.69 Å². The molecule has 1 heterocycles. The average Bonchev–Trinajstić information content (AvgIpc) is 2.54. The van der Waals surface area contributed by atoms with E-state index in [4.69, 9.17) is 0 Å². The molecule has 0 aliphatic carbocycles. The third-order valence-corrected chi connectivity index (χ3v) is 4.64. The van der Waals surface area contributed by atoms with Gasteiger partial charge in [-0.25, -0.2) is 0 Å². The van der Waals surface area contributed by atoms with Crippen LogP contribution in [0.3, 0.4) is 0 Å². The third-order valence-electron chi connectivity index (χ3n) is 4.64. The van der Waals surface area contributed by atoms with Gasteiger partial charge in [-0.05, 0) is 57.7 Å². The highest BCUT2D eigenvalue weighted by Crippen LogP contribution is 2.17. The molecular formula is C20H32N2. The minimum absolute atomic E-state index is 0.836. The van der Waals surface area contributed by atoms with Crippen molar-refractivity contribution in [3.63, 3.8) is 0 Å². The molecule has 1 aliphatic heterocycles. The van der Waals surface area contributed by atoms with Gasteiger partial charge in [0.25, 0.3) is 0 Å². The van der Waals surface area contributed by atoms with E-state index in [1.165, 1.54) is 50.2 Å². The minimum Gasteiger partial charge on any atom is -0.369 e. The summed E-state index contributed by atoms with van der Waals surface area (Å²) in [5.74, 6) is 0.836. The highest BCUT2D eigenvalue weighted by Gasteiger charge is 2.17. The predicted octanol–water partition coefficient (Wildman–Crippen LogP) is 4.58. The van der Waals surface area contributed by atoms with Crippen LogP contribution in [0, 0.1) is 5.92 Å². The molecule has 0 radical (unpaired) electrons. The van der Waals surface area contributed by atoms with Crippen LogP contribution in [-0.4, -0.2) is 37.6 Å². The lowest BCUT2D eigenvalue weighted by Crippen LogP contribution is -2.46. The molecule has 2 rings (SSSR count). The lowest BCUT2D eigenvalue weighted by Gasteiger charge is -2.36. The quantitative estimate of drug-likeness (QED) is 0.680. The van der Waals surface area contributed by atoms with Crippen molar-refractivity contribution in [2.75, 3.05) is 37.6 Å². The Kier molecular flexibility index (Phi) is 6.98. The van der Waals surface area contributed by atoms with Crippen LogP contribution in [0.25, 0.3) is 0 Å². The van der Waals surface area contributed by atoms with Crippen LogP contribution < -0.4 is 4.90 Å². The molecule has 22 heavy (non-hydrogen) atoms. The predicted molar refractivity (Wildman–Crippen MR) is 97.5 cm³/mol. The number of rotatable bonds is 7. The first-order valence-electron chi connectivity index (χ1n) is 8.81. The second-order valence-corrected chi connectivity index (χ2v) is 6.92. The lowest BCUT2D eigenvalue weighted by molar-refractivity contribution is 0.239. The van der Waals surface area contributed by atoms with Gasteiger partial charge in [0.2, 0.25) is 0 Å². The van der Waals surface area contributed by atoms with E-state index >= 15 is 0 Å². The number of anilines is 1. The summed E-state index contributed by atoms with van der Waals surface area (Å²) in [6, 6.07) is 10.8. The Morgan fingerprint density at radius 3 is 2.36 bits per heavy atom. The number of benzene rings is 1. The van der Waals surface area contributed by atoms with Crippen LogP contribution in [0.15, 0.2) is 42.0 Å². The first kappa shape index (κ1) is 17.1. The van der Waals surface area contributed by atoms with E-state index in [0.717, 1.165) is 19.0 Å². The highest BCUT2D eigenvalue weighted by molar-refractivity contribution is 5.46. The highest BCUT2D eigenvalue weighted by atomic mass is 15.3. The molecule has 1 aliphatic rings. The van der Waals surface area contributed by atoms with Gasteiger partial charge >= 0.3 is 0 Å². The van der Waals surface area contributed by atoms with Crippen LogP contribution >= 0.6 is 0 Å². The monoisotopic (exact) mass is 300 g/mol. The molecule has 0 N–H and O–H groups in total. The molecule has 2 heteroatoms. The molecule has 0 amide bonds. The molecule has 2 nitrogen and oxygen atoms in total. The van der Waals surface area contributed by atoms with E-state index in [1.54, 1.807) is 0 Å². The Morgan fingerprint density at radius 2 is 1.73 bits per heavy atom. The number of allylic oxidation sites excluding steroid dienone is 2. The summed E-state index contributed by atoms with van der Waals surface area (Å²) < 4.78 is 0. The maximum absolute atomic E-state index is 2.64. The zero-order chi connectivity index (χ0) is 15.8. The molecule has 1 atom stereocenters. The van der Waals surface area contributed by atoms with Crippen LogP contribution in [0.2, 0.25) is 0 Å². The van der Waals surface area contributed by atoms with Gasteiger partial charge in [-0.2, -0.15) is 0 Å². The van der Waals surface area contributed by atoms with E-state index in [9.17, 15) is 0 Å². The largest absolute Gasteiger partial charge is 0.369 e. The number of hydrogen-bond donors (Lipinski definition) is 0. The van der Waals surface area contributed by atoms with Gasteiger partial charge in [-0.15, -0.1) is 0 Å². The number of nitrogens with zero attached hydrogens (tertiary/aromatic N) is 2. The van der Waals surface area contributed by atoms with Gasteiger partial charge in [0.15, 0.2) is 0 Å². The van der Waals surface area contributed by atoms with E-state index < -0.39 is 0 Å². The molecule has 0 bridgehead atoms. The maximum atomic E-state index is 2.64. The molecule has 0 saturated carbocycles. The third kappa shape index (κ3) is 5.84. The van der Waals surface area contributed by atoms with Gasteiger partial charge in [-0.3, -0.25) is 4.90 Å². The van der Waals surface area contributed by atoms with E-state index in [1.807, 2.05) is 0 Å². The first-order valence-corrected chi connectivity index (χ1v) is 8.81. The van der Waals surface area contributed by atoms with Crippen molar-refractivity contribution >= 4 is 5.69 Å². The molecule has 1 aromatic rings. The summed E-state index contributed by atoms with van der Waals surface area (Å²) >= 11 is 0. The van der Waals surface area contributed by atoms with Gasteiger partial charge in [0.05, 0.1) is 0 Å². The molecule has 0 aromatic heterocycles. The smallest absolute Gasteiger partial charge is 0.0367 e. The zero-order valence-corrected chi connectivity index (χ0v) is 14.6. The summed E-state index contributed by atoms with van der Waals surface area (Å²) in [6.45, 7) is 12.8. The van der Waals surface area contributed by atoms with Crippen molar-refractivity contribution in [1.29, 1.82) is 0 Å². The topological polar surface area (TPSA) is 6.48 Å². The summed E-state index contributed by atoms with van der Waals surface area (Å²) in [5, 5.41) is 0. The number of hydrogen-bond acceptors (Lipinski definition) is 2. The molecule has 1 fully saturated rings. The Bertz CT molecular complexity index is 440. The fourth-order valence-corrected chi connectivity index (χ4v) is 3.07. The van der Waals surface area contributed by atoms with Crippen molar-refractivity contribution in [3.05, 3.63) is 42.0 Å². The van der Waals surface area contributed by atoms with Crippen molar-refractivity contribution in [2.24, 2.45) is 5.92 Å². The van der Waals surface area contributed by atoms with Gasteiger partial charge in [0.1, 0.15) is 0 Å². The van der Waals surface area contributed by atoms with Crippen molar-refractivity contribution in [1.82, 2.24) is 4.90 Å². The summed E-state index contributed by atoms with van der Waals surface area (Å²) in [6.07, 6.45) is 6.28. The van der Waals surface area contributed by atoms with E-state index in [0.29, 0.717) is 0 Å². The minimum atomic E-state index is 0.836. The normalized spacial score (nSPS) is 17.3. The zero-order valence-electron chi connectivity index (χ0n) is 14.6. The van der Waals surface area contributed by atoms with E-state index in [2.05, 4.69) is 67.0 Å². The maximum Gasteiger partial charge on any atom is 0.0367 e. The molecule has 122 valence electrons. The van der Waals surface area contributed by atoms with Crippen molar-refractivity contribution in [3.8, 4) is 0 Å². The molecule has 0 unspecified atom stereocenters. The molecule has 0 spiro atoms. The van der Waals surface area contributed by atoms with Crippen LogP contribution in [0.1, 0.15) is 40.0 Å². The number of piperazine rings is 1. The standard InChI is InChI=1S/C20H32N2/c1-18(2)8-7-9-19(3)12-13-21-14-16-22(17-15-21)20-10-5-4-6-11-20/h4-6,8,10-11,19H,7,9,12-17H2,1-3H3/t19-/m1/s1. The molecule has 1 saturated heterocycles. The number of para-hydroxylation sites is 1. The van der Waals surface area contributed by atoms with E-state index in [-0.39, 0.29) is 0 Å². The second-order valence-electron chi connectivity index (χ2n) is 6.92. The molecule has 1 aromatic carbocycles. The summed E-state index contributed by atoms with van der Waals surface area (Å²) in [5.41, 5.74) is 2.82. The van der Waals surface area contributed by atoms with Crippen molar-refractivity contribution in [2.45, 2.75) is 40.0 Å².